The smallest absolute Gasteiger partial charge is 0.229 e. The molecule has 4 heteroatoms. The lowest BCUT2D eigenvalue weighted by Crippen LogP contribution is -2.60. The topological polar surface area (TPSA) is 49.8 Å². The summed E-state index contributed by atoms with van der Waals surface area (Å²) in [6.45, 7) is 5.93. The van der Waals surface area contributed by atoms with E-state index in [0.29, 0.717) is 0 Å². The van der Waals surface area contributed by atoms with E-state index in [1.54, 1.807) is 14.2 Å². The summed E-state index contributed by atoms with van der Waals surface area (Å²) in [5, 5.41) is 11.6. The van der Waals surface area contributed by atoms with E-state index in [1.165, 1.54) is 22.1 Å². The van der Waals surface area contributed by atoms with Crippen LogP contribution < -0.4 is 0 Å². The largest absolute Gasteiger partial charge is 0.380 e. The van der Waals surface area contributed by atoms with Gasteiger partial charge in [0.05, 0.1) is 17.4 Å². The third kappa shape index (κ3) is 1.68. The molecule has 1 heterocycles. The monoisotopic (exact) mass is 375 g/mol. The number of nitrogens with zero attached hydrogens (tertiary/aromatic N) is 1. The third-order valence-corrected chi connectivity index (χ3v) is 7.61. The molecule has 0 radical (unpaired) electrons. The van der Waals surface area contributed by atoms with Crippen LogP contribution in [0.2, 0.25) is 0 Å². The fourth-order valence-electron chi connectivity index (χ4n) is 6.40. The molecule has 1 N–H and O–H groups in total. The third-order valence-electron chi connectivity index (χ3n) is 7.61. The highest BCUT2D eigenvalue weighted by atomic mass is 16.5. The first-order chi connectivity index (χ1) is 13.4. The molecule has 1 aliphatic heterocycles. The molecule has 4 nitrogen and oxygen atoms in total. The average Bonchev–Trinajstić information content (AvgIpc) is 2.95. The second-order valence-corrected chi connectivity index (χ2v) is 8.29. The second kappa shape index (κ2) is 5.56. The zero-order valence-electron chi connectivity index (χ0n) is 16.4. The number of rotatable bonds is 3. The molecule has 2 aromatic rings. The van der Waals surface area contributed by atoms with Gasteiger partial charge in [0.1, 0.15) is 0 Å². The summed E-state index contributed by atoms with van der Waals surface area (Å²) >= 11 is 0. The first-order valence-electron chi connectivity index (χ1n) is 9.79. The number of ether oxygens (including phenoxy) is 1. The highest BCUT2D eigenvalue weighted by Gasteiger charge is 2.72. The van der Waals surface area contributed by atoms with Crippen LogP contribution in [0.25, 0.3) is 0 Å². The van der Waals surface area contributed by atoms with Crippen molar-refractivity contribution < 1.29 is 14.6 Å². The molecular weight excluding hydrogens is 350 g/mol. The Labute approximate surface area is 165 Å². The van der Waals surface area contributed by atoms with Crippen LogP contribution in [0.1, 0.15) is 35.1 Å². The van der Waals surface area contributed by atoms with Crippen LogP contribution in [0.3, 0.4) is 0 Å². The number of likely N-dealkylation sites (tertiary alicyclic amines) is 1. The molecule has 6 rings (SSSR count). The van der Waals surface area contributed by atoms with Gasteiger partial charge in [-0.2, -0.15) is 0 Å². The molecule has 4 aliphatic rings. The van der Waals surface area contributed by atoms with E-state index in [1.807, 2.05) is 31.2 Å². The van der Waals surface area contributed by atoms with Crippen LogP contribution in [0.15, 0.2) is 61.2 Å². The van der Waals surface area contributed by atoms with Crippen molar-refractivity contribution in [2.45, 2.75) is 30.1 Å². The van der Waals surface area contributed by atoms with Crippen LogP contribution in [-0.2, 0) is 14.9 Å². The highest BCUT2D eigenvalue weighted by Crippen LogP contribution is 2.68. The Kier molecular flexibility index (Phi) is 3.50. The molecule has 0 saturated carbocycles. The van der Waals surface area contributed by atoms with Gasteiger partial charge in [-0.05, 0) is 35.3 Å². The number of carbonyl (C=O) groups is 1. The van der Waals surface area contributed by atoms with Crippen molar-refractivity contribution in [1.82, 2.24) is 4.90 Å². The summed E-state index contributed by atoms with van der Waals surface area (Å²) in [5.41, 5.74) is 2.59. The predicted octanol–water partition coefficient (Wildman–Crippen LogP) is 3.05. The summed E-state index contributed by atoms with van der Waals surface area (Å²) < 4.78 is 5.94. The van der Waals surface area contributed by atoms with Crippen molar-refractivity contribution in [3.63, 3.8) is 0 Å². The fourth-order valence-corrected chi connectivity index (χ4v) is 6.40. The Morgan fingerprint density at radius 3 is 2.18 bits per heavy atom. The minimum atomic E-state index is -1.40. The van der Waals surface area contributed by atoms with Crippen molar-refractivity contribution in [2.24, 2.45) is 11.8 Å². The predicted molar refractivity (Wildman–Crippen MR) is 107 cm³/mol. The molecular formula is C24H25NO3. The van der Waals surface area contributed by atoms with Gasteiger partial charge in [0, 0.05) is 26.0 Å². The van der Waals surface area contributed by atoms with Crippen LogP contribution in [0, 0.1) is 11.8 Å². The maximum atomic E-state index is 13.6. The van der Waals surface area contributed by atoms with Crippen LogP contribution in [0.4, 0.5) is 0 Å². The number of methoxy groups -OCH3 is 1. The number of hydrogen-bond donors (Lipinski definition) is 1. The first kappa shape index (κ1) is 17.7. The molecule has 0 aromatic heterocycles. The lowest BCUT2D eigenvalue weighted by atomic mass is 9.44. The molecule has 1 fully saturated rings. The molecule has 0 spiro atoms. The number of carbonyl (C=O) groups excluding carboxylic acids is 1. The number of amides is 1. The summed E-state index contributed by atoms with van der Waals surface area (Å²) in [4.78, 5) is 15.1. The van der Waals surface area contributed by atoms with E-state index in [9.17, 15) is 9.90 Å². The van der Waals surface area contributed by atoms with Gasteiger partial charge < -0.3 is 14.7 Å². The van der Waals surface area contributed by atoms with E-state index in [4.69, 9.17) is 4.74 Å². The van der Waals surface area contributed by atoms with E-state index in [0.717, 1.165) is 11.1 Å². The van der Waals surface area contributed by atoms with Crippen molar-refractivity contribution in [3.8, 4) is 0 Å². The Morgan fingerprint density at radius 2 is 1.68 bits per heavy atom. The summed E-state index contributed by atoms with van der Waals surface area (Å²) in [6.07, 6.45) is 1.29. The summed E-state index contributed by atoms with van der Waals surface area (Å²) in [5.74, 6) is -0.847. The van der Waals surface area contributed by atoms with E-state index >= 15 is 0 Å². The van der Waals surface area contributed by atoms with Gasteiger partial charge in [-0.25, -0.2) is 0 Å². The van der Waals surface area contributed by atoms with E-state index in [-0.39, 0.29) is 23.8 Å². The van der Waals surface area contributed by atoms with Gasteiger partial charge in [0.15, 0.2) is 5.72 Å². The molecule has 2 bridgehead atoms. The Balaban J connectivity index is 1.96. The van der Waals surface area contributed by atoms with Crippen LogP contribution >= 0.6 is 0 Å². The lowest BCUT2D eigenvalue weighted by molar-refractivity contribution is -0.139. The zero-order chi connectivity index (χ0) is 19.8. The van der Waals surface area contributed by atoms with Gasteiger partial charge in [-0.15, -0.1) is 0 Å². The van der Waals surface area contributed by atoms with Gasteiger partial charge >= 0.3 is 0 Å². The van der Waals surface area contributed by atoms with Gasteiger partial charge in [0.25, 0.3) is 0 Å². The maximum Gasteiger partial charge on any atom is 0.229 e. The Bertz CT molecular complexity index is 951. The number of aliphatic hydroxyl groups is 1. The SMILES string of the molecule is C=C[C@]1(O)[C@H]2C3c4ccccc4C([C@H](C)OC)(c4ccccc43)[C@H]2C(=O)N1C. The lowest BCUT2D eigenvalue weighted by Gasteiger charge is -2.58. The van der Waals surface area contributed by atoms with Gasteiger partial charge in [0.2, 0.25) is 5.91 Å². The minimum absolute atomic E-state index is 0.0506. The van der Waals surface area contributed by atoms with Crippen molar-refractivity contribution in [2.75, 3.05) is 14.2 Å². The molecule has 4 atom stereocenters. The van der Waals surface area contributed by atoms with Gasteiger partial charge in [-0.3, -0.25) is 4.79 Å². The second-order valence-electron chi connectivity index (χ2n) is 8.29. The van der Waals surface area contributed by atoms with Crippen molar-refractivity contribution >= 4 is 5.91 Å². The van der Waals surface area contributed by atoms with E-state index < -0.39 is 17.1 Å². The quantitative estimate of drug-likeness (QED) is 0.839. The fraction of sp³-hybridized carbons (Fsp3) is 0.375. The number of hydrogen-bond acceptors (Lipinski definition) is 3. The summed E-state index contributed by atoms with van der Waals surface area (Å²) in [6, 6.07) is 16.7. The van der Waals surface area contributed by atoms with Gasteiger partial charge in [-0.1, -0.05) is 55.1 Å². The standard InChI is InChI=1S/C24H25NO3/c1-5-23(27)20-19-15-10-6-8-12-17(15)24(14(2)28-4,21(20)22(26)25(23)3)18-13-9-7-11-16(18)19/h5-14,19-21,27H,1H2,2-4H3/t14-,19?,20-,21+,23-,24?/m0/s1. The Morgan fingerprint density at radius 1 is 1.14 bits per heavy atom. The number of benzene rings is 2. The minimum Gasteiger partial charge on any atom is -0.380 e. The van der Waals surface area contributed by atoms with Crippen molar-refractivity contribution in [3.05, 3.63) is 83.4 Å². The highest BCUT2D eigenvalue weighted by molar-refractivity contribution is 5.89. The zero-order valence-corrected chi connectivity index (χ0v) is 16.4. The molecule has 0 unspecified atom stereocenters. The van der Waals surface area contributed by atoms with Crippen LogP contribution in [-0.4, -0.2) is 41.9 Å². The molecule has 3 aliphatic carbocycles. The number of likely N-dealkylation sites (N-methyl/N-ethyl adjacent to an activating group) is 1. The molecule has 2 aromatic carbocycles. The average molecular weight is 375 g/mol. The normalized spacial score (nSPS) is 35.9. The van der Waals surface area contributed by atoms with Crippen LogP contribution in [0.5, 0.6) is 0 Å². The van der Waals surface area contributed by atoms with E-state index in [2.05, 4.69) is 30.8 Å². The summed E-state index contributed by atoms with van der Waals surface area (Å²) in [7, 11) is 3.38. The molecule has 28 heavy (non-hydrogen) atoms. The maximum absolute atomic E-state index is 13.6. The first-order valence-corrected chi connectivity index (χ1v) is 9.79. The molecule has 1 saturated heterocycles. The molecule has 144 valence electrons. The van der Waals surface area contributed by atoms with Crippen molar-refractivity contribution in [1.29, 1.82) is 0 Å². The Hall–Kier alpha value is -2.43. The molecule has 1 amide bonds.